The average molecular weight is 405 g/mol. The van der Waals surface area contributed by atoms with E-state index in [4.69, 9.17) is 0 Å². The molecule has 156 valence electrons. The number of imidazole rings is 1. The minimum absolute atomic E-state index is 0.204. The van der Waals surface area contributed by atoms with Crippen LogP contribution in [0.15, 0.2) is 67.1 Å². The predicted molar refractivity (Wildman–Crippen MR) is 117 cm³/mol. The minimum Gasteiger partial charge on any atom is -0.353 e. The highest BCUT2D eigenvalue weighted by Gasteiger charge is 2.21. The smallest absolute Gasteiger partial charge is 0.223 e. The van der Waals surface area contributed by atoms with Crippen molar-refractivity contribution >= 4 is 11.7 Å². The molecule has 4 rings (SSSR count). The number of hydrogen-bond donors (Lipinski definition) is 1. The first-order chi connectivity index (χ1) is 14.8. The number of pyridine rings is 1. The monoisotopic (exact) mass is 404 g/mol. The molecule has 7 heteroatoms. The summed E-state index contributed by atoms with van der Waals surface area (Å²) in [6, 6.07) is 16.3. The highest BCUT2D eigenvalue weighted by Crippen LogP contribution is 2.13. The summed E-state index contributed by atoms with van der Waals surface area (Å²) in [5, 5.41) is 3.37. The van der Waals surface area contributed by atoms with Crippen LogP contribution in [0.3, 0.4) is 0 Å². The van der Waals surface area contributed by atoms with Gasteiger partial charge in [0.25, 0.3) is 0 Å². The molecule has 1 aliphatic rings. The van der Waals surface area contributed by atoms with E-state index in [1.807, 2.05) is 59.9 Å². The van der Waals surface area contributed by atoms with Crippen molar-refractivity contribution in [1.82, 2.24) is 24.8 Å². The van der Waals surface area contributed by atoms with Crippen molar-refractivity contribution < 1.29 is 4.79 Å². The number of nitrogens with zero attached hydrogens (tertiary/aromatic N) is 5. The fourth-order valence-corrected chi connectivity index (χ4v) is 3.71. The van der Waals surface area contributed by atoms with Gasteiger partial charge >= 0.3 is 0 Å². The quantitative estimate of drug-likeness (QED) is 0.583. The standard InChI is InChI=1S/C23H28N6O/c30-23(28-16-14-27(15-17-28)21-8-4-5-10-25-21)9-11-24-18-22-26-12-13-29(22)19-20-6-2-1-3-7-20/h1-8,10,12-13,24H,9,11,14-19H2. The van der Waals surface area contributed by atoms with Gasteiger partial charge in [-0.15, -0.1) is 0 Å². The van der Waals surface area contributed by atoms with E-state index in [9.17, 15) is 4.79 Å². The van der Waals surface area contributed by atoms with Gasteiger partial charge in [-0.25, -0.2) is 9.97 Å². The Morgan fingerprint density at radius 2 is 1.73 bits per heavy atom. The van der Waals surface area contributed by atoms with E-state index in [0.717, 1.165) is 44.4 Å². The molecule has 3 heterocycles. The summed E-state index contributed by atoms with van der Waals surface area (Å²) in [6.45, 7) is 5.25. The third-order valence-electron chi connectivity index (χ3n) is 5.40. The zero-order valence-electron chi connectivity index (χ0n) is 17.2. The number of carbonyl (C=O) groups is 1. The number of anilines is 1. The van der Waals surface area contributed by atoms with Gasteiger partial charge in [0, 0.05) is 64.3 Å². The first-order valence-corrected chi connectivity index (χ1v) is 10.5. The molecular formula is C23H28N6O. The van der Waals surface area contributed by atoms with Gasteiger partial charge in [-0.2, -0.15) is 0 Å². The molecule has 0 spiro atoms. The second-order valence-corrected chi connectivity index (χ2v) is 7.44. The van der Waals surface area contributed by atoms with Gasteiger partial charge in [0.2, 0.25) is 5.91 Å². The Balaban J connectivity index is 1.18. The Morgan fingerprint density at radius 1 is 0.933 bits per heavy atom. The fourth-order valence-electron chi connectivity index (χ4n) is 3.71. The maximum Gasteiger partial charge on any atom is 0.223 e. The molecule has 0 radical (unpaired) electrons. The molecule has 1 saturated heterocycles. The molecule has 1 fully saturated rings. The van der Waals surface area contributed by atoms with Crippen LogP contribution in [-0.2, 0) is 17.9 Å². The van der Waals surface area contributed by atoms with Crippen LogP contribution in [0.25, 0.3) is 0 Å². The fraction of sp³-hybridized carbons (Fsp3) is 0.348. The van der Waals surface area contributed by atoms with E-state index >= 15 is 0 Å². The van der Waals surface area contributed by atoms with Gasteiger partial charge in [-0.05, 0) is 17.7 Å². The zero-order chi connectivity index (χ0) is 20.6. The second-order valence-electron chi connectivity index (χ2n) is 7.44. The number of piperazine rings is 1. The lowest BCUT2D eigenvalue weighted by molar-refractivity contribution is -0.131. The minimum atomic E-state index is 0.204. The van der Waals surface area contributed by atoms with E-state index in [2.05, 4.69) is 36.9 Å². The summed E-state index contributed by atoms with van der Waals surface area (Å²) in [7, 11) is 0. The molecule has 1 N–H and O–H groups in total. The molecule has 0 unspecified atom stereocenters. The van der Waals surface area contributed by atoms with E-state index < -0.39 is 0 Å². The number of carbonyl (C=O) groups excluding carboxylic acids is 1. The Hall–Kier alpha value is -3.19. The van der Waals surface area contributed by atoms with Crippen molar-refractivity contribution in [2.24, 2.45) is 0 Å². The number of benzene rings is 1. The summed E-state index contributed by atoms with van der Waals surface area (Å²) in [5.74, 6) is 2.17. The summed E-state index contributed by atoms with van der Waals surface area (Å²) in [6.07, 6.45) is 6.13. The largest absolute Gasteiger partial charge is 0.353 e. The van der Waals surface area contributed by atoms with Crippen molar-refractivity contribution in [2.75, 3.05) is 37.6 Å². The Labute approximate surface area is 177 Å². The molecule has 1 amide bonds. The summed E-state index contributed by atoms with van der Waals surface area (Å²) in [4.78, 5) is 25.6. The van der Waals surface area contributed by atoms with Crippen LogP contribution >= 0.6 is 0 Å². The van der Waals surface area contributed by atoms with Gasteiger partial charge in [-0.3, -0.25) is 4.79 Å². The summed E-state index contributed by atoms with van der Waals surface area (Å²) >= 11 is 0. The topological polar surface area (TPSA) is 66.3 Å². The van der Waals surface area contributed by atoms with Gasteiger partial charge in [0.15, 0.2) is 0 Å². The Bertz CT molecular complexity index is 919. The lowest BCUT2D eigenvalue weighted by Gasteiger charge is -2.35. The molecule has 0 bridgehead atoms. The highest BCUT2D eigenvalue weighted by molar-refractivity contribution is 5.76. The molecule has 1 aliphatic heterocycles. The van der Waals surface area contributed by atoms with Crippen LogP contribution < -0.4 is 10.2 Å². The van der Waals surface area contributed by atoms with Gasteiger partial charge in [0.05, 0.1) is 6.54 Å². The van der Waals surface area contributed by atoms with Crippen LogP contribution in [0.4, 0.5) is 5.82 Å². The molecule has 0 saturated carbocycles. The first-order valence-electron chi connectivity index (χ1n) is 10.5. The van der Waals surface area contributed by atoms with Crippen molar-refractivity contribution in [3.63, 3.8) is 0 Å². The number of hydrogen-bond acceptors (Lipinski definition) is 5. The van der Waals surface area contributed by atoms with Gasteiger partial charge < -0.3 is 19.7 Å². The third kappa shape index (κ3) is 5.24. The molecule has 0 aliphatic carbocycles. The van der Waals surface area contributed by atoms with Crippen molar-refractivity contribution in [2.45, 2.75) is 19.5 Å². The zero-order valence-corrected chi connectivity index (χ0v) is 17.2. The molecular weight excluding hydrogens is 376 g/mol. The molecule has 30 heavy (non-hydrogen) atoms. The molecule has 1 aromatic carbocycles. The Morgan fingerprint density at radius 3 is 2.50 bits per heavy atom. The number of amides is 1. The van der Waals surface area contributed by atoms with Crippen LogP contribution in [0.5, 0.6) is 0 Å². The summed E-state index contributed by atoms with van der Waals surface area (Å²) in [5.41, 5.74) is 1.25. The van der Waals surface area contributed by atoms with Gasteiger partial charge in [-0.1, -0.05) is 36.4 Å². The van der Waals surface area contributed by atoms with Gasteiger partial charge in [0.1, 0.15) is 11.6 Å². The van der Waals surface area contributed by atoms with E-state index in [1.54, 1.807) is 0 Å². The predicted octanol–water partition coefficient (Wildman–Crippen LogP) is 2.15. The number of nitrogens with one attached hydrogen (secondary N) is 1. The molecule has 7 nitrogen and oxygen atoms in total. The average Bonchev–Trinajstić information content (AvgIpc) is 3.25. The third-order valence-corrected chi connectivity index (χ3v) is 5.40. The van der Waals surface area contributed by atoms with Crippen molar-refractivity contribution in [1.29, 1.82) is 0 Å². The second kappa shape index (κ2) is 10.0. The lowest BCUT2D eigenvalue weighted by Crippen LogP contribution is -2.49. The maximum absolute atomic E-state index is 12.5. The van der Waals surface area contributed by atoms with Crippen LogP contribution in [-0.4, -0.2) is 58.1 Å². The lowest BCUT2D eigenvalue weighted by atomic mass is 10.2. The van der Waals surface area contributed by atoms with Crippen LogP contribution in [0, 0.1) is 0 Å². The molecule has 2 aromatic heterocycles. The maximum atomic E-state index is 12.5. The van der Waals surface area contributed by atoms with Crippen molar-refractivity contribution in [3.05, 3.63) is 78.5 Å². The molecule has 3 aromatic rings. The highest BCUT2D eigenvalue weighted by atomic mass is 16.2. The molecule has 0 atom stereocenters. The van der Waals surface area contributed by atoms with E-state index in [-0.39, 0.29) is 5.91 Å². The number of aromatic nitrogens is 3. The Kier molecular flexibility index (Phi) is 6.72. The van der Waals surface area contributed by atoms with Crippen molar-refractivity contribution in [3.8, 4) is 0 Å². The van der Waals surface area contributed by atoms with E-state index in [0.29, 0.717) is 19.5 Å². The van der Waals surface area contributed by atoms with Crippen LogP contribution in [0.1, 0.15) is 17.8 Å². The summed E-state index contributed by atoms with van der Waals surface area (Å²) < 4.78 is 2.14. The van der Waals surface area contributed by atoms with Crippen LogP contribution in [0.2, 0.25) is 0 Å². The first kappa shape index (κ1) is 20.1. The SMILES string of the molecule is O=C(CCNCc1nccn1Cc1ccccc1)N1CCN(c2ccccn2)CC1. The number of rotatable bonds is 8. The normalized spacial score (nSPS) is 14.1. The van der Waals surface area contributed by atoms with E-state index in [1.165, 1.54) is 5.56 Å².